The molecule has 0 aliphatic heterocycles. The smallest absolute Gasteiger partial charge is 0.137 e. The quantitative estimate of drug-likeness (QED) is 0.819. The first-order chi connectivity index (χ1) is 8.28. The van der Waals surface area contributed by atoms with Crippen molar-refractivity contribution in [3.05, 3.63) is 53.9 Å². The van der Waals surface area contributed by atoms with E-state index in [1.54, 1.807) is 13.3 Å². The minimum absolute atomic E-state index is 0.759. The van der Waals surface area contributed by atoms with Crippen molar-refractivity contribution in [2.75, 3.05) is 12.8 Å². The molecule has 3 nitrogen and oxygen atoms in total. The van der Waals surface area contributed by atoms with Crippen LogP contribution in [0, 0.1) is 0 Å². The molecule has 0 saturated heterocycles. The molecule has 0 spiro atoms. The zero-order chi connectivity index (χ0) is 12.1. The number of nitrogens with two attached hydrogens (primary N) is 1. The number of benzene rings is 1. The number of pyridine rings is 1. The minimum Gasteiger partial charge on any atom is -0.495 e. The van der Waals surface area contributed by atoms with E-state index < -0.39 is 0 Å². The van der Waals surface area contributed by atoms with Crippen molar-refractivity contribution in [1.82, 2.24) is 4.98 Å². The van der Waals surface area contributed by atoms with Crippen LogP contribution in [0.4, 0.5) is 5.69 Å². The van der Waals surface area contributed by atoms with E-state index >= 15 is 0 Å². The van der Waals surface area contributed by atoms with E-state index in [0.717, 1.165) is 22.7 Å². The highest BCUT2D eigenvalue weighted by atomic mass is 16.5. The molecule has 17 heavy (non-hydrogen) atoms. The number of hydrogen-bond donors (Lipinski definition) is 1. The lowest BCUT2D eigenvalue weighted by Gasteiger charge is -1.98. The number of anilines is 1. The Labute approximate surface area is 101 Å². The van der Waals surface area contributed by atoms with Gasteiger partial charge in [-0.1, -0.05) is 18.2 Å². The Hall–Kier alpha value is -2.29. The second-order valence-electron chi connectivity index (χ2n) is 3.62. The fourth-order valence-electron chi connectivity index (χ4n) is 1.40. The molecule has 0 unspecified atom stereocenters. The molecule has 1 aromatic heterocycles. The molecule has 2 aromatic rings. The van der Waals surface area contributed by atoms with E-state index in [0.29, 0.717) is 0 Å². The molecule has 0 atom stereocenters. The van der Waals surface area contributed by atoms with Gasteiger partial charge < -0.3 is 10.5 Å². The van der Waals surface area contributed by atoms with Crippen molar-refractivity contribution in [3.63, 3.8) is 0 Å². The number of hydrogen-bond acceptors (Lipinski definition) is 3. The first-order valence-corrected chi connectivity index (χ1v) is 5.31. The lowest BCUT2D eigenvalue weighted by atomic mass is 10.2. The van der Waals surface area contributed by atoms with Gasteiger partial charge in [-0.25, -0.2) is 0 Å². The molecule has 0 aliphatic carbocycles. The van der Waals surface area contributed by atoms with Gasteiger partial charge in [0.1, 0.15) is 5.75 Å². The van der Waals surface area contributed by atoms with Crippen LogP contribution in [-0.2, 0) is 0 Å². The highest BCUT2D eigenvalue weighted by Crippen LogP contribution is 2.12. The van der Waals surface area contributed by atoms with E-state index in [4.69, 9.17) is 10.5 Å². The maximum absolute atomic E-state index is 5.62. The second kappa shape index (κ2) is 5.16. The Balaban J connectivity index is 2.11. The summed E-state index contributed by atoms with van der Waals surface area (Å²) in [7, 11) is 1.63. The van der Waals surface area contributed by atoms with Gasteiger partial charge in [0.05, 0.1) is 19.0 Å². The molecular weight excluding hydrogens is 212 g/mol. The number of ether oxygens (including phenoxy) is 1. The maximum atomic E-state index is 5.62. The van der Waals surface area contributed by atoms with E-state index in [-0.39, 0.29) is 0 Å². The monoisotopic (exact) mass is 226 g/mol. The van der Waals surface area contributed by atoms with E-state index in [2.05, 4.69) is 4.98 Å². The fraction of sp³-hybridized carbons (Fsp3) is 0.0714. The van der Waals surface area contributed by atoms with Crippen LogP contribution in [0.5, 0.6) is 5.75 Å². The summed E-state index contributed by atoms with van der Waals surface area (Å²) < 4.78 is 5.04. The summed E-state index contributed by atoms with van der Waals surface area (Å²) in [5, 5.41) is 0. The molecular formula is C14H14N2O. The number of aromatic nitrogens is 1. The standard InChI is InChI=1S/C14H14N2O/c1-17-14-9-8-13(16-10-14)7-4-11-2-5-12(15)6-3-11/h2-10H,15H2,1H3/b7-4+. The van der Waals surface area contributed by atoms with Gasteiger partial charge in [-0.2, -0.15) is 0 Å². The zero-order valence-electron chi connectivity index (χ0n) is 9.63. The number of methoxy groups -OCH3 is 1. The lowest BCUT2D eigenvalue weighted by molar-refractivity contribution is 0.413. The maximum Gasteiger partial charge on any atom is 0.137 e. The van der Waals surface area contributed by atoms with Crippen LogP contribution >= 0.6 is 0 Å². The SMILES string of the molecule is COc1ccc(/C=C/c2ccc(N)cc2)nc1. The average molecular weight is 226 g/mol. The molecule has 0 radical (unpaired) electrons. The molecule has 86 valence electrons. The normalized spacial score (nSPS) is 10.6. The Morgan fingerprint density at radius 1 is 1.06 bits per heavy atom. The summed E-state index contributed by atoms with van der Waals surface area (Å²) in [4.78, 5) is 4.25. The second-order valence-corrected chi connectivity index (χ2v) is 3.62. The third-order valence-electron chi connectivity index (χ3n) is 2.38. The van der Waals surface area contributed by atoms with E-state index in [9.17, 15) is 0 Å². The molecule has 1 heterocycles. The van der Waals surface area contributed by atoms with E-state index in [1.807, 2.05) is 48.6 Å². The van der Waals surface area contributed by atoms with Crippen molar-refractivity contribution in [1.29, 1.82) is 0 Å². The lowest BCUT2D eigenvalue weighted by Crippen LogP contribution is -1.85. The van der Waals surface area contributed by atoms with Gasteiger partial charge in [-0.05, 0) is 35.9 Å². The van der Waals surface area contributed by atoms with Crippen molar-refractivity contribution < 1.29 is 4.74 Å². The summed E-state index contributed by atoms with van der Waals surface area (Å²) in [6.07, 6.45) is 5.64. The zero-order valence-corrected chi connectivity index (χ0v) is 9.63. The Morgan fingerprint density at radius 3 is 2.41 bits per heavy atom. The Morgan fingerprint density at radius 2 is 1.82 bits per heavy atom. The van der Waals surface area contributed by atoms with Gasteiger partial charge in [0, 0.05) is 5.69 Å². The summed E-state index contributed by atoms with van der Waals surface area (Å²) in [6, 6.07) is 11.5. The topological polar surface area (TPSA) is 48.1 Å². The molecule has 2 N–H and O–H groups in total. The first-order valence-electron chi connectivity index (χ1n) is 5.31. The molecule has 1 aromatic carbocycles. The first kappa shape index (κ1) is 11.2. The number of rotatable bonds is 3. The molecule has 0 aliphatic rings. The van der Waals surface area contributed by atoms with Gasteiger partial charge in [0.2, 0.25) is 0 Å². The van der Waals surface area contributed by atoms with Crippen LogP contribution in [0.2, 0.25) is 0 Å². The molecule has 0 fully saturated rings. The third kappa shape index (κ3) is 3.08. The minimum atomic E-state index is 0.759. The van der Waals surface area contributed by atoms with Crippen molar-refractivity contribution >= 4 is 17.8 Å². The van der Waals surface area contributed by atoms with Crippen LogP contribution in [0.3, 0.4) is 0 Å². The number of nitrogens with zero attached hydrogens (tertiary/aromatic N) is 1. The van der Waals surface area contributed by atoms with Crippen molar-refractivity contribution in [2.24, 2.45) is 0 Å². The largest absolute Gasteiger partial charge is 0.495 e. The number of nitrogen functional groups attached to an aromatic ring is 1. The Bertz CT molecular complexity index is 501. The summed E-state index contributed by atoms with van der Waals surface area (Å²) in [6.45, 7) is 0. The van der Waals surface area contributed by atoms with Crippen LogP contribution < -0.4 is 10.5 Å². The van der Waals surface area contributed by atoms with Crippen LogP contribution in [-0.4, -0.2) is 12.1 Å². The average Bonchev–Trinajstić information content (AvgIpc) is 2.39. The summed E-state index contributed by atoms with van der Waals surface area (Å²) in [5.74, 6) is 0.759. The van der Waals surface area contributed by atoms with Gasteiger partial charge in [-0.15, -0.1) is 0 Å². The van der Waals surface area contributed by atoms with Gasteiger partial charge >= 0.3 is 0 Å². The Kier molecular flexibility index (Phi) is 3.40. The molecule has 3 heteroatoms. The van der Waals surface area contributed by atoms with Gasteiger partial charge in [0.15, 0.2) is 0 Å². The van der Waals surface area contributed by atoms with Crippen molar-refractivity contribution in [2.45, 2.75) is 0 Å². The summed E-state index contributed by atoms with van der Waals surface area (Å²) in [5.41, 5.74) is 8.37. The van der Waals surface area contributed by atoms with Gasteiger partial charge in [-0.3, -0.25) is 4.98 Å². The van der Waals surface area contributed by atoms with Crippen LogP contribution in [0.1, 0.15) is 11.3 Å². The van der Waals surface area contributed by atoms with Gasteiger partial charge in [0.25, 0.3) is 0 Å². The highest BCUT2D eigenvalue weighted by molar-refractivity contribution is 5.68. The predicted molar refractivity (Wildman–Crippen MR) is 70.6 cm³/mol. The molecule has 0 saturated carbocycles. The summed E-state index contributed by atoms with van der Waals surface area (Å²) >= 11 is 0. The molecule has 2 rings (SSSR count). The van der Waals surface area contributed by atoms with E-state index in [1.165, 1.54) is 0 Å². The van der Waals surface area contributed by atoms with Crippen molar-refractivity contribution in [3.8, 4) is 5.75 Å². The third-order valence-corrected chi connectivity index (χ3v) is 2.38. The fourth-order valence-corrected chi connectivity index (χ4v) is 1.40. The highest BCUT2D eigenvalue weighted by Gasteiger charge is 1.92. The van der Waals surface area contributed by atoms with Crippen LogP contribution in [0.15, 0.2) is 42.6 Å². The molecule has 0 amide bonds. The predicted octanol–water partition coefficient (Wildman–Crippen LogP) is 2.84. The molecule has 0 bridgehead atoms. The van der Waals surface area contributed by atoms with Crippen LogP contribution in [0.25, 0.3) is 12.2 Å².